The van der Waals surface area contributed by atoms with Crippen LogP contribution in [0.4, 0.5) is 0 Å². The monoisotopic (exact) mass is 437 g/mol. The molecule has 0 bridgehead atoms. The maximum atomic E-state index is 7.72. The fourth-order valence-corrected chi connectivity index (χ4v) is 2.27. The summed E-state index contributed by atoms with van der Waals surface area (Å²) in [6.07, 6.45) is 3.38. The van der Waals surface area contributed by atoms with Crippen molar-refractivity contribution in [2.24, 2.45) is 42.9 Å². The standard InChI is InChI=1S/C18H39N13/c1-13(19)12-14(20)6-3-9-27-17(23)31-18(24)29-11-5-8-26-7-4-10-28-16(22)30-15(21)25-2/h19-20,26H,3-12H2,1-2H3,(H5,21,22,25,28,30)(H5,23,24,27,29,31). The quantitative estimate of drug-likeness (QED) is 0.0898. The zero-order chi connectivity index (χ0) is 23.5. The second-order valence-corrected chi connectivity index (χ2v) is 6.78. The normalized spacial score (nSPS) is 13.2. The molecule has 0 atom stereocenters. The van der Waals surface area contributed by atoms with Crippen molar-refractivity contribution in [3.05, 3.63) is 0 Å². The van der Waals surface area contributed by atoms with Gasteiger partial charge in [-0.2, -0.15) is 0 Å². The second-order valence-electron chi connectivity index (χ2n) is 6.78. The molecule has 0 aliphatic heterocycles. The molecule has 0 heterocycles. The molecule has 31 heavy (non-hydrogen) atoms. The zero-order valence-corrected chi connectivity index (χ0v) is 18.7. The van der Waals surface area contributed by atoms with Crippen LogP contribution < -0.4 is 38.9 Å². The zero-order valence-electron chi connectivity index (χ0n) is 18.7. The SMILES string of the molecule is CN=C(N)NC(N)=NCCCNCCCN=C(N)NC(N)=NCCCC(=N)CC(C)=N. The molecule has 0 aliphatic rings. The van der Waals surface area contributed by atoms with Gasteiger partial charge >= 0.3 is 0 Å². The summed E-state index contributed by atoms with van der Waals surface area (Å²) in [6, 6.07) is 0. The Bertz CT molecular complexity index is 663. The van der Waals surface area contributed by atoms with E-state index in [0.717, 1.165) is 25.9 Å². The summed E-state index contributed by atoms with van der Waals surface area (Å²) in [5, 5.41) is 23.8. The lowest BCUT2D eigenvalue weighted by Gasteiger charge is -2.06. The van der Waals surface area contributed by atoms with Crippen LogP contribution in [0.2, 0.25) is 0 Å². The number of nitrogens with two attached hydrogens (primary N) is 4. The van der Waals surface area contributed by atoms with Crippen molar-refractivity contribution >= 4 is 35.3 Å². The van der Waals surface area contributed by atoms with E-state index < -0.39 is 0 Å². The van der Waals surface area contributed by atoms with Gasteiger partial charge in [-0.1, -0.05) is 0 Å². The van der Waals surface area contributed by atoms with E-state index >= 15 is 0 Å². The van der Waals surface area contributed by atoms with E-state index in [1.165, 1.54) is 0 Å². The van der Waals surface area contributed by atoms with Crippen LogP contribution in [-0.2, 0) is 0 Å². The van der Waals surface area contributed by atoms with Crippen LogP contribution in [0.5, 0.6) is 0 Å². The van der Waals surface area contributed by atoms with Gasteiger partial charge in [0.25, 0.3) is 0 Å². The molecule has 0 fully saturated rings. The van der Waals surface area contributed by atoms with Gasteiger partial charge in [0.05, 0.1) is 0 Å². The molecule has 13 nitrogen and oxygen atoms in total. The Kier molecular flexibility index (Phi) is 15.8. The van der Waals surface area contributed by atoms with Gasteiger partial charge in [-0.3, -0.25) is 30.6 Å². The molecular formula is C18H39N13. The fraction of sp³-hybridized carbons (Fsp3) is 0.667. The van der Waals surface area contributed by atoms with E-state index in [0.29, 0.717) is 50.3 Å². The van der Waals surface area contributed by atoms with Crippen molar-refractivity contribution in [1.82, 2.24) is 16.0 Å². The van der Waals surface area contributed by atoms with Crippen LogP contribution in [0.3, 0.4) is 0 Å². The Morgan fingerprint density at radius 3 is 1.65 bits per heavy atom. The average Bonchev–Trinajstić information content (AvgIpc) is 2.69. The molecule has 0 spiro atoms. The number of hydrogen-bond donors (Lipinski definition) is 9. The van der Waals surface area contributed by atoms with E-state index in [1.54, 1.807) is 14.0 Å². The van der Waals surface area contributed by atoms with Crippen molar-refractivity contribution in [2.75, 3.05) is 39.8 Å². The predicted octanol–water partition coefficient (Wildman–Crippen LogP) is -1.35. The van der Waals surface area contributed by atoms with Crippen molar-refractivity contribution in [1.29, 1.82) is 10.8 Å². The van der Waals surface area contributed by atoms with Crippen molar-refractivity contribution in [3.63, 3.8) is 0 Å². The molecule has 0 saturated heterocycles. The highest BCUT2D eigenvalue weighted by Gasteiger charge is 1.99. The van der Waals surface area contributed by atoms with Gasteiger partial charge in [0.1, 0.15) is 0 Å². The Morgan fingerprint density at radius 2 is 1.19 bits per heavy atom. The molecule has 0 radical (unpaired) electrons. The van der Waals surface area contributed by atoms with E-state index in [2.05, 4.69) is 35.9 Å². The van der Waals surface area contributed by atoms with Crippen LogP contribution in [-0.4, -0.2) is 75.0 Å². The van der Waals surface area contributed by atoms with Crippen LogP contribution in [0.25, 0.3) is 0 Å². The lowest BCUT2D eigenvalue weighted by Crippen LogP contribution is -2.41. The van der Waals surface area contributed by atoms with Gasteiger partial charge < -0.3 is 39.1 Å². The first-order valence-corrected chi connectivity index (χ1v) is 10.2. The lowest BCUT2D eigenvalue weighted by molar-refractivity contribution is 0.631. The summed E-state index contributed by atoms with van der Waals surface area (Å²) in [5.41, 5.74) is 23.7. The average molecular weight is 438 g/mol. The molecule has 13 N–H and O–H groups in total. The minimum absolute atomic E-state index is 0.204. The summed E-state index contributed by atoms with van der Waals surface area (Å²) >= 11 is 0. The third kappa shape index (κ3) is 18.5. The lowest BCUT2D eigenvalue weighted by atomic mass is 10.1. The predicted molar refractivity (Wildman–Crippen MR) is 130 cm³/mol. The summed E-state index contributed by atoms with van der Waals surface area (Å²) in [7, 11) is 1.56. The highest BCUT2D eigenvalue weighted by molar-refractivity contribution is 6.00. The van der Waals surface area contributed by atoms with Crippen LogP contribution >= 0.6 is 0 Å². The Morgan fingerprint density at radius 1 is 0.742 bits per heavy atom. The summed E-state index contributed by atoms with van der Waals surface area (Å²) in [5.74, 6) is 0.907. The largest absolute Gasteiger partial charge is 0.370 e. The van der Waals surface area contributed by atoms with Crippen molar-refractivity contribution in [3.8, 4) is 0 Å². The maximum Gasteiger partial charge on any atom is 0.195 e. The minimum Gasteiger partial charge on any atom is -0.370 e. The second kappa shape index (κ2) is 17.6. The van der Waals surface area contributed by atoms with Crippen molar-refractivity contribution in [2.45, 2.75) is 39.0 Å². The Hall–Kier alpha value is -3.22. The number of hydrogen-bond acceptors (Lipinski definition) is 7. The van der Waals surface area contributed by atoms with Gasteiger partial charge in [0, 0.05) is 44.5 Å². The van der Waals surface area contributed by atoms with Crippen molar-refractivity contribution < 1.29 is 0 Å². The molecule has 0 aromatic carbocycles. The molecule has 13 heteroatoms. The smallest absolute Gasteiger partial charge is 0.195 e. The molecule has 0 aromatic rings. The maximum absolute atomic E-state index is 7.72. The van der Waals surface area contributed by atoms with Gasteiger partial charge in [-0.05, 0) is 45.7 Å². The first-order valence-electron chi connectivity index (χ1n) is 10.2. The van der Waals surface area contributed by atoms with Gasteiger partial charge in [0.2, 0.25) is 0 Å². The van der Waals surface area contributed by atoms with Gasteiger partial charge in [0.15, 0.2) is 23.8 Å². The molecule has 176 valence electrons. The highest BCUT2D eigenvalue weighted by Crippen LogP contribution is 1.97. The number of guanidine groups is 4. The molecule has 0 aromatic heterocycles. The first-order chi connectivity index (χ1) is 14.7. The van der Waals surface area contributed by atoms with Gasteiger partial charge in [-0.15, -0.1) is 0 Å². The highest BCUT2D eigenvalue weighted by atomic mass is 15.2. The number of nitrogens with zero attached hydrogens (tertiary/aromatic N) is 4. The number of nitrogens with one attached hydrogen (secondary N) is 5. The molecule has 0 rings (SSSR count). The van der Waals surface area contributed by atoms with Crippen LogP contribution in [0.15, 0.2) is 20.0 Å². The summed E-state index contributed by atoms with van der Waals surface area (Å²) in [6.45, 7) is 4.93. The summed E-state index contributed by atoms with van der Waals surface area (Å²) in [4.78, 5) is 16.2. The Labute approximate surface area is 184 Å². The van der Waals surface area contributed by atoms with E-state index in [-0.39, 0.29) is 23.8 Å². The topological polar surface area (TPSA) is 237 Å². The molecule has 0 aliphatic carbocycles. The molecular weight excluding hydrogens is 398 g/mol. The summed E-state index contributed by atoms with van der Waals surface area (Å²) < 4.78 is 0. The molecule has 0 saturated carbocycles. The third-order valence-corrected chi connectivity index (χ3v) is 3.74. The molecule has 0 amide bonds. The van der Waals surface area contributed by atoms with E-state index in [9.17, 15) is 0 Å². The fourth-order valence-electron chi connectivity index (χ4n) is 2.27. The Balaban J connectivity index is 3.80. The first kappa shape index (κ1) is 27.8. The van der Waals surface area contributed by atoms with Crippen LogP contribution in [0.1, 0.15) is 39.0 Å². The minimum atomic E-state index is 0.204. The van der Waals surface area contributed by atoms with Gasteiger partial charge in [-0.25, -0.2) is 0 Å². The third-order valence-electron chi connectivity index (χ3n) is 3.74. The number of rotatable bonds is 14. The number of aliphatic imine (C=N–C) groups is 4. The van der Waals surface area contributed by atoms with E-state index in [1.807, 2.05) is 0 Å². The van der Waals surface area contributed by atoms with Crippen LogP contribution in [0, 0.1) is 10.8 Å². The molecule has 0 unspecified atom stereocenters. The van der Waals surface area contributed by atoms with E-state index in [4.69, 9.17) is 33.8 Å².